The minimum atomic E-state index is -3.64. The van der Waals surface area contributed by atoms with E-state index in [2.05, 4.69) is 14.7 Å². The number of nitrogens with zero attached hydrogens (tertiary/aromatic N) is 2. The summed E-state index contributed by atoms with van der Waals surface area (Å²) in [4.78, 5) is 9.55. The van der Waals surface area contributed by atoms with Crippen molar-refractivity contribution in [3.05, 3.63) is 84.8 Å². The van der Waals surface area contributed by atoms with Gasteiger partial charge < -0.3 is 0 Å². The number of aromatic nitrogens is 2. The average Bonchev–Trinajstić information content (AvgIpc) is 3.20. The number of rotatable bonds is 5. The van der Waals surface area contributed by atoms with Crippen LogP contribution in [0.1, 0.15) is 0 Å². The third-order valence-electron chi connectivity index (χ3n) is 3.92. The number of nitrogens with one attached hydrogen (secondary N) is 1. The zero-order chi connectivity index (χ0) is 18.7. The highest BCUT2D eigenvalue weighted by Gasteiger charge is 2.14. The van der Waals surface area contributed by atoms with Gasteiger partial charge in [-0.05, 0) is 41.3 Å². The first-order valence-corrected chi connectivity index (χ1v) is 10.5. The molecule has 0 saturated carbocycles. The van der Waals surface area contributed by atoms with Gasteiger partial charge in [0.1, 0.15) is 0 Å². The Morgan fingerprint density at radius 1 is 0.815 bits per heavy atom. The van der Waals surface area contributed by atoms with Crippen LogP contribution in [0.2, 0.25) is 0 Å². The first-order valence-electron chi connectivity index (χ1n) is 8.14. The van der Waals surface area contributed by atoms with Crippen LogP contribution in [0.4, 0.5) is 5.69 Å². The first kappa shape index (κ1) is 17.4. The maximum atomic E-state index is 12.5. The van der Waals surface area contributed by atoms with E-state index in [-0.39, 0.29) is 4.90 Å². The number of anilines is 1. The van der Waals surface area contributed by atoms with E-state index in [1.807, 2.05) is 29.8 Å². The van der Waals surface area contributed by atoms with Crippen molar-refractivity contribution in [2.75, 3.05) is 4.72 Å². The lowest BCUT2D eigenvalue weighted by Crippen LogP contribution is -2.12. The number of hydrogen-bond acceptors (Lipinski definition) is 5. The lowest BCUT2D eigenvalue weighted by Gasteiger charge is -2.08. The SMILES string of the molecule is O=S(=O)(Nc1cncc(-c2cc(-c3cccnc3)cs2)c1)c1ccccc1. The van der Waals surface area contributed by atoms with Crippen LogP contribution in [0.15, 0.2) is 89.7 Å². The van der Waals surface area contributed by atoms with E-state index in [0.717, 1.165) is 21.6 Å². The van der Waals surface area contributed by atoms with E-state index < -0.39 is 10.0 Å². The predicted octanol–water partition coefficient (Wildman–Crippen LogP) is 4.67. The molecule has 0 unspecified atom stereocenters. The molecule has 3 aromatic heterocycles. The molecule has 3 heterocycles. The van der Waals surface area contributed by atoms with Gasteiger partial charge in [-0.1, -0.05) is 24.3 Å². The molecular weight excluding hydrogens is 378 g/mol. The van der Waals surface area contributed by atoms with Gasteiger partial charge in [0.2, 0.25) is 0 Å². The molecule has 0 spiro atoms. The summed E-state index contributed by atoms with van der Waals surface area (Å²) in [5.74, 6) is 0. The first-order chi connectivity index (χ1) is 13.1. The minimum Gasteiger partial charge on any atom is -0.278 e. The van der Waals surface area contributed by atoms with Gasteiger partial charge in [-0.15, -0.1) is 11.3 Å². The third kappa shape index (κ3) is 3.89. The van der Waals surface area contributed by atoms with Crippen LogP contribution in [0.5, 0.6) is 0 Å². The molecule has 0 aliphatic carbocycles. The van der Waals surface area contributed by atoms with Gasteiger partial charge in [0, 0.05) is 34.6 Å². The molecule has 0 aliphatic heterocycles. The second-order valence-electron chi connectivity index (χ2n) is 5.82. The third-order valence-corrected chi connectivity index (χ3v) is 6.30. The smallest absolute Gasteiger partial charge is 0.261 e. The normalized spacial score (nSPS) is 11.3. The Labute approximate surface area is 161 Å². The fourth-order valence-corrected chi connectivity index (χ4v) is 4.57. The highest BCUT2D eigenvalue weighted by molar-refractivity contribution is 7.92. The van der Waals surface area contributed by atoms with E-state index in [0.29, 0.717) is 5.69 Å². The molecule has 0 aliphatic rings. The fourth-order valence-electron chi connectivity index (χ4n) is 2.62. The average molecular weight is 393 g/mol. The van der Waals surface area contributed by atoms with Crippen molar-refractivity contribution in [3.8, 4) is 21.6 Å². The number of thiophene rings is 1. The lowest BCUT2D eigenvalue weighted by molar-refractivity contribution is 0.601. The molecule has 4 aromatic rings. The zero-order valence-corrected chi connectivity index (χ0v) is 15.7. The van der Waals surface area contributed by atoms with Crippen molar-refractivity contribution < 1.29 is 8.42 Å². The van der Waals surface area contributed by atoms with Gasteiger partial charge in [-0.25, -0.2) is 8.42 Å². The van der Waals surface area contributed by atoms with Gasteiger partial charge in [0.15, 0.2) is 0 Å². The number of sulfonamides is 1. The van der Waals surface area contributed by atoms with Gasteiger partial charge in [-0.2, -0.15) is 0 Å². The quantitative estimate of drug-likeness (QED) is 0.535. The molecule has 0 fully saturated rings. The van der Waals surface area contributed by atoms with E-state index in [1.54, 1.807) is 60.1 Å². The molecule has 5 nitrogen and oxygen atoms in total. The molecule has 4 rings (SSSR count). The number of pyridine rings is 2. The summed E-state index contributed by atoms with van der Waals surface area (Å²) in [5.41, 5.74) is 3.38. The van der Waals surface area contributed by atoms with Crippen LogP contribution in [0.25, 0.3) is 21.6 Å². The van der Waals surface area contributed by atoms with Crippen LogP contribution in [0.3, 0.4) is 0 Å². The topological polar surface area (TPSA) is 72.0 Å². The van der Waals surface area contributed by atoms with Gasteiger partial charge in [0.05, 0.1) is 16.8 Å². The molecule has 7 heteroatoms. The summed E-state index contributed by atoms with van der Waals surface area (Å²) in [6.45, 7) is 0. The summed E-state index contributed by atoms with van der Waals surface area (Å²) in [7, 11) is -3.64. The Hall–Kier alpha value is -3.03. The second-order valence-corrected chi connectivity index (χ2v) is 8.42. The largest absolute Gasteiger partial charge is 0.278 e. The van der Waals surface area contributed by atoms with E-state index in [1.165, 1.54) is 6.20 Å². The van der Waals surface area contributed by atoms with Gasteiger partial charge in [-0.3, -0.25) is 14.7 Å². The highest BCUT2D eigenvalue weighted by Crippen LogP contribution is 2.33. The summed E-state index contributed by atoms with van der Waals surface area (Å²) < 4.78 is 27.6. The molecule has 0 saturated heterocycles. The van der Waals surface area contributed by atoms with E-state index in [9.17, 15) is 8.42 Å². The highest BCUT2D eigenvalue weighted by atomic mass is 32.2. The van der Waals surface area contributed by atoms with Crippen LogP contribution >= 0.6 is 11.3 Å². The monoisotopic (exact) mass is 393 g/mol. The summed E-state index contributed by atoms with van der Waals surface area (Å²) in [6.07, 6.45) is 6.77. The second kappa shape index (κ2) is 7.30. The van der Waals surface area contributed by atoms with Crippen molar-refractivity contribution in [2.45, 2.75) is 4.90 Å². The Balaban J connectivity index is 1.61. The van der Waals surface area contributed by atoms with Crippen LogP contribution in [-0.2, 0) is 10.0 Å². The van der Waals surface area contributed by atoms with Crippen molar-refractivity contribution in [3.63, 3.8) is 0 Å². The summed E-state index contributed by atoms with van der Waals surface area (Å²) >= 11 is 1.58. The van der Waals surface area contributed by atoms with Crippen molar-refractivity contribution in [1.29, 1.82) is 0 Å². The summed E-state index contributed by atoms with van der Waals surface area (Å²) in [6, 6.07) is 16.0. The standard InChI is InChI=1S/C20H15N3O2S2/c24-27(25,19-6-2-1-3-7-19)23-18-9-16(12-22-13-18)20-10-17(14-26-20)15-5-4-8-21-11-15/h1-14,23H. The number of hydrogen-bond donors (Lipinski definition) is 1. The zero-order valence-electron chi connectivity index (χ0n) is 14.1. The van der Waals surface area contributed by atoms with E-state index >= 15 is 0 Å². The van der Waals surface area contributed by atoms with Gasteiger partial charge in [0.25, 0.3) is 10.0 Å². The maximum Gasteiger partial charge on any atom is 0.261 e. The van der Waals surface area contributed by atoms with Gasteiger partial charge >= 0.3 is 0 Å². The lowest BCUT2D eigenvalue weighted by atomic mass is 10.1. The molecule has 0 amide bonds. The molecule has 134 valence electrons. The molecular formula is C20H15N3O2S2. The van der Waals surface area contributed by atoms with Crippen molar-refractivity contribution in [2.24, 2.45) is 0 Å². The van der Waals surface area contributed by atoms with Crippen LogP contribution < -0.4 is 4.72 Å². The van der Waals surface area contributed by atoms with Crippen molar-refractivity contribution in [1.82, 2.24) is 9.97 Å². The number of benzene rings is 1. The fraction of sp³-hybridized carbons (Fsp3) is 0. The minimum absolute atomic E-state index is 0.213. The Morgan fingerprint density at radius 3 is 2.41 bits per heavy atom. The van der Waals surface area contributed by atoms with Crippen molar-refractivity contribution >= 4 is 27.0 Å². The molecule has 1 N–H and O–H groups in total. The van der Waals surface area contributed by atoms with E-state index in [4.69, 9.17) is 0 Å². The molecule has 0 bridgehead atoms. The van der Waals surface area contributed by atoms with Crippen LogP contribution in [-0.4, -0.2) is 18.4 Å². The molecule has 27 heavy (non-hydrogen) atoms. The van der Waals surface area contributed by atoms with Crippen LogP contribution in [0, 0.1) is 0 Å². The Kier molecular flexibility index (Phi) is 4.70. The Bertz CT molecular complexity index is 1160. The molecule has 1 aromatic carbocycles. The summed E-state index contributed by atoms with van der Waals surface area (Å²) in [5, 5.41) is 2.05. The predicted molar refractivity (Wildman–Crippen MR) is 108 cm³/mol. The molecule has 0 atom stereocenters. The molecule has 0 radical (unpaired) electrons. The maximum absolute atomic E-state index is 12.5. The Morgan fingerprint density at radius 2 is 1.63 bits per heavy atom.